The first kappa shape index (κ1) is 15.8. The first-order valence-electron chi connectivity index (χ1n) is 7.72. The molecule has 24 heavy (non-hydrogen) atoms. The summed E-state index contributed by atoms with van der Waals surface area (Å²) in [7, 11) is 0. The molecular weight excluding hydrogens is 306 g/mol. The summed E-state index contributed by atoms with van der Waals surface area (Å²) in [6.07, 6.45) is 5.36. The fourth-order valence-corrected chi connectivity index (χ4v) is 2.16. The van der Waals surface area contributed by atoms with Crippen LogP contribution in [0.15, 0.2) is 53.3 Å². The summed E-state index contributed by atoms with van der Waals surface area (Å²) >= 11 is 0. The third-order valence-corrected chi connectivity index (χ3v) is 3.36. The lowest BCUT2D eigenvalue weighted by Crippen LogP contribution is -2.22. The number of aromatic nitrogens is 4. The average molecular weight is 323 g/mol. The molecule has 3 heterocycles. The number of amides is 1. The Balaban J connectivity index is 1.42. The smallest absolute Gasteiger partial charge is 0.246 e. The molecule has 0 atom stereocenters. The minimum absolute atomic E-state index is 0.0523. The SMILES string of the molecule is O=C(CCCc1ccccn1)NCc1nc(-c2ccccn2)no1. The molecule has 1 amide bonds. The number of hydrogen-bond donors (Lipinski definition) is 1. The summed E-state index contributed by atoms with van der Waals surface area (Å²) in [5, 5.41) is 6.63. The molecule has 0 saturated carbocycles. The zero-order chi connectivity index (χ0) is 16.6. The van der Waals surface area contributed by atoms with Crippen LogP contribution in [0.3, 0.4) is 0 Å². The highest BCUT2D eigenvalue weighted by Crippen LogP contribution is 2.11. The number of aryl methyl sites for hydroxylation is 1. The van der Waals surface area contributed by atoms with E-state index >= 15 is 0 Å². The second-order valence-corrected chi connectivity index (χ2v) is 5.18. The molecule has 0 aromatic carbocycles. The molecule has 7 heteroatoms. The monoisotopic (exact) mass is 323 g/mol. The Labute approximate surface area is 139 Å². The van der Waals surface area contributed by atoms with E-state index in [2.05, 4.69) is 25.4 Å². The number of nitrogens with one attached hydrogen (secondary N) is 1. The van der Waals surface area contributed by atoms with E-state index in [1.165, 1.54) is 0 Å². The predicted octanol–water partition coefficient (Wildman–Crippen LogP) is 2.17. The Morgan fingerprint density at radius 3 is 2.67 bits per heavy atom. The van der Waals surface area contributed by atoms with Crippen LogP contribution < -0.4 is 5.32 Å². The van der Waals surface area contributed by atoms with E-state index in [-0.39, 0.29) is 12.5 Å². The van der Waals surface area contributed by atoms with Crippen LogP contribution in [0, 0.1) is 0 Å². The van der Waals surface area contributed by atoms with Crippen LogP contribution in [-0.2, 0) is 17.8 Å². The van der Waals surface area contributed by atoms with Gasteiger partial charge in [-0.05, 0) is 37.1 Å². The van der Waals surface area contributed by atoms with Crippen molar-refractivity contribution in [3.63, 3.8) is 0 Å². The van der Waals surface area contributed by atoms with Crippen LogP contribution in [0.4, 0.5) is 0 Å². The van der Waals surface area contributed by atoms with Gasteiger partial charge in [0.15, 0.2) is 0 Å². The van der Waals surface area contributed by atoms with Crippen LogP contribution in [0.5, 0.6) is 0 Å². The van der Waals surface area contributed by atoms with Crippen molar-refractivity contribution < 1.29 is 9.32 Å². The van der Waals surface area contributed by atoms with Gasteiger partial charge in [0.1, 0.15) is 5.69 Å². The quantitative estimate of drug-likeness (QED) is 0.716. The third-order valence-electron chi connectivity index (χ3n) is 3.36. The highest BCUT2D eigenvalue weighted by atomic mass is 16.5. The van der Waals surface area contributed by atoms with Crippen LogP contribution in [-0.4, -0.2) is 26.0 Å². The Morgan fingerprint density at radius 1 is 1.08 bits per heavy atom. The van der Waals surface area contributed by atoms with Crippen molar-refractivity contribution in [3.8, 4) is 11.5 Å². The van der Waals surface area contributed by atoms with Crippen molar-refractivity contribution in [3.05, 3.63) is 60.4 Å². The van der Waals surface area contributed by atoms with Crippen LogP contribution in [0.1, 0.15) is 24.4 Å². The maximum Gasteiger partial charge on any atom is 0.246 e. The van der Waals surface area contributed by atoms with Gasteiger partial charge in [0.05, 0.1) is 6.54 Å². The largest absolute Gasteiger partial charge is 0.347 e. The number of rotatable bonds is 7. The summed E-state index contributed by atoms with van der Waals surface area (Å²) in [5.74, 6) is 0.715. The van der Waals surface area contributed by atoms with Gasteiger partial charge in [-0.3, -0.25) is 14.8 Å². The molecule has 0 unspecified atom stereocenters. The van der Waals surface area contributed by atoms with Crippen LogP contribution >= 0.6 is 0 Å². The van der Waals surface area contributed by atoms with E-state index in [9.17, 15) is 4.79 Å². The molecule has 0 aliphatic carbocycles. The molecule has 0 aliphatic rings. The number of hydrogen-bond acceptors (Lipinski definition) is 6. The predicted molar refractivity (Wildman–Crippen MR) is 86.6 cm³/mol. The summed E-state index contributed by atoms with van der Waals surface area (Å²) in [4.78, 5) is 24.4. The first-order valence-corrected chi connectivity index (χ1v) is 7.72. The molecule has 3 rings (SSSR count). The van der Waals surface area contributed by atoms with E-state index in [0.717, 1.165) is 18.5 Å². The zero-order valence-corrected chi connectivity index (χ0v) is 13.1. The van der Waals surface area contributed by atoms with E-state index < -0.39 is 0 Å². The maximum absolute atomic E-state index is 11.8. The molecule has 0 aliphatic heterocycles. The van der Waals surface area contributed by atoms with E-state index in [4.69, 9.17) is 4.52 Å². The van der Waals surface area contributed by atoms with Crippen molar-refractivity contribution in [2.45, 2.75) is 25.8 Å². The van der Waals surface area contributed by atoms with Crippen molar-refractivity contribution in [1.29, 1.82) is 0 Å². The lowest BCUT2D eigenvalue weighted by molar-refractivity contribution is -0.121. The van der Waals surface area contributed by atoms with Crippen molar-refractivity contribution in [2.75, 3.05) is 0 Å². The highest BCUT2D eigenvalue weighted by Gasteiger charge is 2.10. The fourth-order valence-electron chi connectivity index (χ4n) is 2.16. The van der Waals surface area contributed by atoms with Crippen LogP contribution in [0.2, 0.25) is 0 Å². The zero-order valence-electron chi connectivity index (χ0n) is 13.1. The minimum atomic E-state index is -0.0523. The molecular formula is C17H17N5O2. The normalized spacial score (nSPS) is 10.5. The van der Waals surface area contributed by atoms with Gasteiger partial charge in [0, 0.05) is 24.5 Å². The summed E-state index contributed by atoms with van der Waals surface area (Å²) in [5.41, 5.74) is 1.62. The van der Waals surface area contributed by atoms with E-state index in [1.807, 2.05) is 30.3 Å². The molecule has 7 nitrogen and oxygen atoms in total. The third kappa shape index (κ3) is 4.45. The van der Waals surface area contributed by atoms with E-state index in [1.54, 1.807) is 18.5 Å². The van der Waals surface area contributed by atoms with Gasteiger partial charge in [-0.15, -0.1) is 0 Å². The fraction of sp³-hybridized carbons (Fsp3) is 0.235. The first-order chi connectivity index (χ1) is 11.8. The minimum Gasteiger partial charge on any atom is -0.347 e. The lowest BCUT2D eigenvalue weighted by Gasteiger charge is -2.02. The number of carbonyl (C=O) groups is 1. The van der Waals surface area contributed by atoms with Crippen LogP contribution in [0.25, 0.3) is 11.5 Å². The molecule has 0 saturated heterocycles. The summed E-state index contributed by atoms with van der Waals surface area (Å²) < 4.78 is 5.12. The average Bonchev–Trinajstić information content (AvgIpc) is 3.11. The van der Waals surface area contributed by atoms with Crippen molar-refractivity contribution in [2.24, 2.45) is 0 Å². The highest BCUT2D eigenvalue weighted by molar-refractivity contribution is 5.75. The molecule has 1 N–H and O–H groups in total. The Kier molecular flexibility index (Phi) is 5.24. The van der Waals surface area contributed by atoms with Gasteiger partial charge in [-0.25, -0.2) is 0 Å². The lowest BCUT2D eigenvalue weighted by atomic mass is 10.2. The van der Waals surface area contributed by atoms with Crippen molar-refractivity contribution in [1.82, 2.24) is 25.4 Å². The van der Waals surface area contributed by atoms with Gasteiger partial charge < -0.3 is 9.84 Å². The Morgan fingerprint density at radius 2 is 1.92 bits per heavy atom. The van der Waals surface area contributed by atoms with Gasteiger partial charge in [0.2, 0.25) is 17.6 Å². The molecule has 0 spiro atoms. The van der Waals surface area contributed by atoms with Gasteiger partial charge >= 0.3 is 0 Å². The molecule has 3 aromatic rings. The topological polar surface area (TPSA) is 93.8 Å². The van der Waals surface area contributed by atoms with Gasteiger partial charge in [0.25, 0.3) is 0 Å². The molecule has 122 valence electrons. The standard InChI is InChI=1S/C17H17N5O2/c23-15(9-5-7-13-6-1-3-10-18-13)20-12-16-21-17(22-24-16)14-8-2-4-11-19-14/h1-4,6,8,10-11H,5,7,9,12H2,(H,20,23). The maximum atomic E-state index is 11.8. The number of nitrogens with zero attached hydrogens (tertiary/aromatic N) is 4. The molecule has 0 fully saturated rings. The molecule has 3 aromatic heterocycles. The number of carbonyl (C=O) groups excluding carboxylic acids is 1. The summed E-state index contributed by atoms with van der Waals surface area (Å²) in [6, 6.07) is 11.2. The Hall–Kier alpha value is -3.09. The second-order valence-electron chi connectivity index (χ2n) is 5.18. The molecule has 0 radical (unpaired) electrons. The second kappa shape index (κ2) is 7.96. The summed E-state index contributed by atoms with van der Waals surface area (Å²) in [6.45, 7) is 0.211. The Bertz CT molecular complexity index is 774. The molecule has 0 bridgehead atoms. The van der Waals surface area contributed by atoms with Gasteiger partial charge in [-0.2, -0.15) is 4.98 Å². The van der Waals surface area contributed by atoms with E-state index in [0.29, 0.717) is 23.8 Å². The van der Waals surface area contributed by atoms with Gasteiger partial charge in [-0.1, -0.05) is 17.3 Å². The van der Waals surface area contributed by atoms with Crippen molar-refractivity contribution >= 4 is 5.91 Å². The number of pyridine rings is 2.